The fraction of sp³-hybridized carbons (Fsp3) is 0.0769. The Morgan fingerprint density at radius 2 is 1.81 bits per heavy atom. The van der Waals surface area contributed by atoms with Crippen LogP contribution >= 0.6 is 0 Å². The predicted octanol–water partition coefficient (Wildman–Crippen LogP) is 2.30. The quantitative estimate of drug-likeness (QED) is 0.785. The van der Waals surface area contributed by atoms with Gasteiger partial charge in [-0.25, -0.2) is 4.79 Å². The molecule has 0 aliphatic heterocycles. The highest BCUT2D eigenvalue weighted by atomic mass is 16.4. The van der Waals surface area contributed by atoms with Crippen molar-refractivity contribution in [2.24, 2.45) is 0 Å². The minimum absolute atomic E-state index is 0.0303. The molecule has 0 radical (unpaired) electrons. The zero-order valence-electron chi connectivity index (χ0n) is 8.88. The molecule has 0 saturated heterocycles. The lowest BCUT2D eigenvalue weighted by molar-refractivity contribution is -0.132. The van der Waals surface area contributed by atoms with Gasteiger partial charge in [-0.15, -0.1) is 0 Å². The predicted molar refractivity (Wildman–Crippen MR) is 61.9 cm³/mol. The maximum atomic E-state index is 11.3. The molecule has 0 atom stereocenters. The average Bonchev–Trinajstić information content (AvgIpc) is 2.27. The molecule has 0 aliphatic rings. The second-order valence-corrected chi connectivity index (χ2v) is 3.28. The molecule has 0 heterocycles. The Hall–Kier alpha value is -2.16. The van der Waals surface area contributed by atoms with Crippen LogP contribution in [0, 0.1) is 0 Å². The molecule has 0 aromatic heterocycles. The molecule has 0 fully saturated rings. The van der Waals surface area contributed by atoms with E-state index >= 15 is 0 Å². The molecule has 0 saturated carbocycles. The molecule has 1 N–H and O–H groups in total. The molecule has 16 heavy (non-hydrogen) atoms. The van der Waals surface area contributed by atoms with Crippen LogP contribution in [-0.4, -0.2) is 16.9 Å². The summed E-state index contributed by atoms with van der Waals surface area (Å²) in [5.41, 5.74) is 0.930. The highest BCUT2D eigenvalue weighted by Crippen LogP contribution is 2.02. The van der Waals surface area contributed by atoms with Crippen molar-refractivity contribution in [3.63, 3.8) is 0 Å². The SMILES string of the molecule is CC(=CC(=O)/C=C/c1ccccc1)C(=O)O. The van der Waals surface area contributed by atoms with Crippen LogP contribution in [0.15, 0.2) is 48.1 Å². The van der Waals surface area contributed by atoms with Crippen LogP contribution in [0.5, 0.6) is 0 Å². The maximum absolute atomic E-state index is 11.3. The first-order valence-electron chi connectivity index (χ1n) is 4.78. The topological polar surface area (TPSA) is 54.4 Å². The Bertz CT molecular complexity index is 442. The number of allylic oxidation sites excluding steroid dienone is 2. The summed E-state index contributed by atoms with van der Waals surface area (Å²) in [6, 6.07) is 9.33. The van der Waals surface area contributed by atoms with Gasteiger partial charge in [0.05, 0.1) is 0 Å². The standard InChI is InChI=1S/C13H12O3/c1-10(13(15)16)9-12(14)8-7-11-5-3-2-4-6-11/h2-9H,1H3,(H,15,16)/b8-7+,10-9?. The van der Waals surface area contributed by atoms with Gasteiger partial charge in [0, 0.05) is 5.57 Å². The number of carbonyl (C=O) groups is 2. The van der Waals surface area contributed by atoms with E-state index in [4.69, 9.17) is 5.11 Å². The minimum Gasteiger partial charge on any atom is -0.478 e. The number of carboxylic acid groups (broad SMARTS) is 1. The first-order chi connectivity index (χ1) is 7.59. The second-order valence-electron chi connectivity index (χ2n) is 3.28. The second kappa shape index (κ2) is 5.66. The van der Waals surface area contributed by atoms with Gasteiger partial charge in [0.2, 0.25) is 0 Å². The first kappa shape index (κ1) is 11.9. The van der Waals surface area contributed by atoms with E-state index in [1.165, 1.54) is 13.0 Å². The van der Waals surface area contributed by atoms with E-state index < -0.39 is 5.97 Å². The molecule has 82 valence electrons. The van der Waals surface area contributed by atoms with Gasteiger partial charge in [-0.3, -0.25) is 4.79 Å². The van der Waals surface area contributed by atoms with Gasteiger partial charge < -0.3 is 5.11 Å². The Labute approximate surface area is 93.7 Å². The van der Waals surface area contributed by atoms with Crippen LogP contribution in [-0.2, 0) is 9.59 Å². The van der Waals surface area contributed by atoms with E-state index in [0.29, 0.717) is 0 Å². The molecule has 0 unspecified atom stereocenters. The molecular weight excluding hydrogens is 204 g/mol. The highest BCUT2D eigenvalue weighted by molar-refractivity contribution is 6.06. The van der Waals surface area contributed by atoms with Gasteiger partial charge in [0.1, 0.15) is 0 Å². The third-order valence-corrected chi connectivity index (χ3v) is 1.94. The molecule has 0 bridgehead atoms. The van der Waals surface area contributed by atoms with Crippen molar-refractivity contribution in [2.45, 2.75) is 6.92 Å². The van der Waals surface area contributed by atoms with Crippen molar-refractivity contribution in [3.05, 3.63) is 53.6 Å². The van der Waals surface area contributed by atoms with Crippen LogP contribution in [0.25, 0.3) is 6.08 Å². The summed E-state index contributed by atoms with van der Waals surface area (Å²) >= 11 is 0. The summed E-state index contributed by atoms with van der Waals surface area (Å²) in [5, 5.41) is 8.57. The Kier molecular flexibility index (Phi) is 4.21. The van der Waals surface area contributed by atoms with Crippen molar-refractivity contribution in [3.8, 4) is 0 Å². The third-order valence-electron chi connectivity index (χ3n) is 1.94. The zero-order valence-corrected chi connectivity index (χ0v) is 8.88. The van der Waals surface area contributed by atoms with E-state index in [9.17, 15) is 9.59 Å². The maximum Gasteiger partial charge on any atom is 0.331 e. The van der Waals surface area contributed by atoms with Crippen LogP contribution in [0.1, 0.15) is 12.5 Å². The fourth-order valence-corrected chi connectivity index (χ4v) is 1.07. The van der Waals surface area contributed by atoms with Gasteiger partial charge in [0.25, 0.3) is 0 Å². The number of hydrogen-bond acceptors (Lipinski definition) is 2. The van der Waals surface area contributed by atoms with Crippen molar-refractivity contribution in [1.29, 1.82) is 0 Å². The van der Waals surface area contributed by atoms with Crippen LogP contribution in [0.2, 0.25) is 0 Å². The average molecular weight is 216 g/mol. The molecule has 0 spiro atoms. The van der Waals surface area contributed by atoms with Crippen molar-refractivity contribution in [1.82, 2.24) is 0 Å². The summed E-state index contributed by atoms with van der Waals surface area (Å²) in [5.74, 6) is -1.41. The molecule has 0 amide bonds. The van der Waals surface area contributed by atoms with Crippen molar-refractivity contribution in [2.75, 3.05) is 0 Å². The number of rotatable bonds is 4. The summed E-state index contributed by atoms with van der Waals surface area (Å²) < 4.78 is 0. The Morgan fingerprint density at radius 3 is 2.38 bits per heavy atom. The van der Waals surface area contributed by atoms with Gasteiger partial charge in [0.15, 0.2) is 5.78 Å². The van der Waals surface area contributed by atoms with E-state index in [0.717, 1.165) is 11.6 Å². The fourth-order valence-electron chi connectivity index (χ4n) is 1.07. The van der Waals surface area contributed by atoms with Crippen molar-refractivity contribution < 1.29 is 14.7 Å². The number of carboxylic acids is 1. The normalized spacial score (nSPS) is 11.7. The highest BCUT2D eigenvalue weighted by Gasteiger charge is 2.01. The first-order valence-corrected chi connectivity index (χ1v) is 4.78. The lowest BCUT2D eigenvalue weighted by atomic mass is 10.1. The number of ketones is 1. The number of benzene rings is 1. The van der Waals surface area contributed by atoms with Crippen LogP contribution in [0.3, 0.4) is 0 Å². The summed E-state index contributed by atoms with van der Waals surface area (Å²) in [6.45, 7) is 1.39. The monoisotopic (exact) mass is 216 g/mol. The summed E-state index contributed by atoms with van der Waals surface area (Å²) in [4.78, 5) is 21.8. The minimum atomic E-state index is -1.08. The zero-order chi connectivity index (χ0) is 12.0. The number of carbonyl (C=O) groups excluding carboxylic acids is 1. The Morgan fingerprint density at radius 1 is 1.19 bits per heavy atom. The molecule has 3 heteroatoms. The molecule has 1 aromatic carbocycles. The van der Waals surface area contributed by atoms with Gasteiger partial charge in [-0.2, -0.15) is 0 Å². The smallest absolute Gasteiger partial charge is 0.331 e. The number of aliphatic carboxylic acids is 1. The van der Waals surface area contributed by atoms with E-state index in [2.05, 4.69) is 0 Å². The van der Waals surface area contributed by atoms with Gasteiger partial charge in [-0.05, 0) is 24.6 Å². The van der Waals surface area contributed by atoms with E-state index in [-0.39, 0.29) is 11.4 Å². The summed E-state index contributed by atoms with van der Waals surface area (Å²) in [6.07, 6.45) is 4.09. The van der Waals surface area contributed by atoms with E-state index in [1.807, 2.05) is 30.3 Å². The lowest BCUT2D eigenvalue weighted by Gasteiger charge is -1.91. The molecule has 1 rings (SSSR count). The molecule has 1 aromatic rings. The van der Waals surface area contributed by atoms with Crippen molar-refractivity contribution >= 4 is 17.8 Å². The van der Waals surface area contributed by atoms with Gasteiger partial charge >= 0.3 is 5.97 Å². The summed E-state index contributed by atoms with van der Waals surface area (Å²) in [7, 11) is 0. The Balaban J connectivity index is 2.69. The number of hydrogen-bond donors (Lipinski definition) is 1. The molecule has 3 nitrogen and oxygen atoms in total. The van der Waals surface area contributed by atoms with E-state index in [1.54, 1.807) is 6.08 Å². The largest absolute Gasteiger partial charge is 0.478 e. The van der Waals surface area contributed by atoms with Crippen LogP contribution in [0.4, 0.5) is 0 Å². The lowest BCUT2D eigenvalue weighted by Crippen LogP contribution is -1.99. The van der Waals surface area contributed by atoms with Crippen LogP contribution < -0.4 is 0 Å². The third kappa shape index (κ3) is 3.92. The molecule has 0 aliphatic carbocycles. The molecular formula is C13H12O3. The van der Waals surface area contributed by atoms with Gasteiger partial charge in [-0.1, -0.05) is 36.4 Å².